The van der Waals surface area contributed by atoms with Gasteiger partial charge in [0.25, 0.3) is 0 Å². The van der Waals surface area contributed by atoms with Crippen molar-refractivity contribution < 1.29 is 0 Å². The lowest BCUT2D eigenvalue weighted by Gasteiger charge is -2.27. The highest BCUT2D eigenvalue weighted by Crippen LogP contribution is 2.43. The Kier molecular flexibility index (Phi) is 4.45. The Morgan fingerprint density at radius 2 is 2.00 bits per heavy atom. The SMILES string of the molecule is CCCNC(c1cccc(C)c1C)C(C)C1CC1. The van der Waals surface area contributed by atoms with Gasteiger partial charge in [0.1, 0.15) is 0 Å². The van der Waals surface area contributed by atoms with Gasteiger partial charge in [0.05, 0.1) is 0 Å². The molecular weight excluding hydrogens is 218 g/mol. The molecule has 2 rings (SSSR count). The Morgan fingerprint density at radius 3 is 2.61 bits per heavy atom. The number of rotatable bonds is 6. The summed E-state index contributed by atoms with van der Waals surface area (Å²) in [7, 11) is 0. The van der Waals surface area contributed by atoms with E-state index in [4.69, 9.17) is 0 Å². The van der Waals surface area contributed by atoms with Gasteiger partial charge in [0, 0.05) is 6.04 Å². The third-order valence-corrected chi connectivity index (χ3v) is 4.49. The van der Waals surface area contributed by atoms with Crippen LogP contribution in [0.15, 0.2) is 18.2 Å². The van der Waals surface area contributed by atoms with E-state index >= 15 is 0 Å². The van der Waals surface area contributed by atoms with Crippen LogP contribution in [-0.2, 0) is 0 Å². The first kappa shape index (κ1) is 13.6. The van der Waals surface area contributed by atoms with Crippen LogP contribution < -0.4 is 5.32 Å². The highest BCUT2D eigenvalue weighted by Gasteiger charge is 2.34. The number of benzene rings is 1. The molecule has 0 heterocycles. The molecule has 1 heteroatoms. The number of nitrogens with one attached hydrogen (secondary N) is 1. The zero-order valence-corrected chi connectivity index (χ0v) is 12.3. The van der Waals surface area contributed by atoms with Crippen LogP contribution in [0.3, 0.4) is 0 Å². The highest BCUT2D eigenvalue weighted by atomic mass is 14.9. The van der Waals surface area contributed by atoms with Crippen molar-refractivity contribution in [3.63, 3.8) is 0 Å². The number of aryl methyl sites for hydroxylation is 1. The largest absolute Gasteiger partial charge is 0.310 e. The molecule has 1 fully saturated rings. The Hall–Kier alpha value is -0.820. The summed E-state index contributed by atoms with van der Waals surface area (Å²) in [6.07, 6.45) is 4.06. The van der Waals surface area contributed by atoms with Crippen LogP contribution in [0.5, 0.6) is 0 Å². The molecule has 18 heavy (non-hydrogen) atoms. The van der Waals surface area contributed by atoms with Crippen LogP contribution in [0.4, 0.5) is 0 Å². The van der Waals surface area contributed by atoms with Crippen molar-refractivity contribution >= 4 is 0 Å². The van der Waals surface area contributed by atoms with Gasteiger partial charge in [-0.25, -0.2) is 0 Å². The quantitative estimate of drug-likeness (QED) is 0.783. The van der Waals surface area contributed by atoms with E-state index in [0.717, 1.165) is 18.4 Å². The van der Waals surface area contributed by atoms with Gasteiger partial charge < -0.3 is 5.32 Å². The first-order valence-corrected chi connectivity index (χ1v) is 7.44. The fourth-order valence-electron chi connectivity index (χ4n) is 2.88. The van der Waals surface area contributed by atoms with E-state index in [-0.39, 0.29) is 0 Å². The molecule has 100 valence electrons. The van der Waals surface area contributed by atoms with Crippen LogP contribution in [0.1, 0.15) is 55.8 Å². The molecular formula is C17H27N. The molecule has 0 aliphatic heterocycles. The summed E-state index contributed by atoms with van der Waals surface area (Å²) in [5, 5.41) is 3.77. The minimum atomic E-state index is 0.539. The van der Waals surface area contributed by atoms with Gasteiger partial charge in [0.15, 0.2) is 0 Å². The average molecular weight is 245 g/mol. The standard InChI is InChI=1S/C17H27N/c1-5-11-18-17(14(4)15-9-10-15)16-8-6-7-12(2)13(16)3/h6-8,14-15,17-18H,5,9-11H2,1-4H3. The van der Waals surface area contributed by atoms with Crippen molar-refractivity contribution in [2.45, 2.75) is 53.0 Å². The second-order valence-electron chi connectivity index (χ2n) is 5.92. The molecule has 0 saturated heterocycles. The summed E-state index contributed by atoms with van der Waals surface area (Å²) in [5.74, 6) is 1.70. The van der Waals surface area contributed by atoms with E-state index in [0.29, 0.717) is 6.04 Å². The summed E-state index contributed by atoms with van der Waals surface area (Å²) in [6.45, 7) is 10.3. The fourth-order valence-corrected chi connectivity index (χ4v) is 2.88. The summed E-state index contributed by atoms with van der Waals surface area (Å²) in [5.41, 5.74) is 4.40. The molecule has 1 nitrogen and oxygen atoms in total. The normalized spacial score (nSPS) is 18.7. The van der Waals surface area contributed by atoms with Crippen LogP contribution >= 0.6 is 0 Å². The molecule has 2 unspecified atom stereocenters. The maximum Gasteiger partial charge on any atom is 0.0351 e. The van der Waals surface area contributed by atoms with E-state index in [1.165, 1.54) is 36.0 Å². The van der Waals surface area contributed by atoms with Crippen LogP contribution in [0, 0.1) is 25.7 Å². The van der Waals surface area contributed by atoms with Crippen molar-refractivity contribution in [1.29, 1.82) is 0 Å². The first-order valence-electron chi connectivity index (χ1n) is 7.44. The zero-order valence-electron chi connectivity index (χ0n) is 12.3. The maximum absolute atomic E-state index is 3.77. The van der Waals surface area contributed by atoms with Gasteiger partial charge >= 0.3 is 0 Å². The lowest BCUT2D eigenvalue weighted by molar-refractivity contribution is 0.348. The van der Waals surface area contributed by atoms with Gasteiger partial charge in [-0.15, -0.1) is 0 Å². The minimum Gasteiger partial charge on any atom is -0.310 e. The zero-order chi connectivity index (χ0) is 13.1. The molecule has 0 aromatic heterocycles. The molecule has 1 N–H and O–H groups in total. The molecule has 0 amide bonds. The summed E-state index contributed by atoms with van der Waals surface area (Å²) in [6, 6.07) is 7.28. The Morgan fingerprint density at radius 1 is 1.28 bits per heavy atom. The summed E-state index contributed by atoms with van der Waals surface area (Å²) < 4.78 is 0. The Bertz CT molecular complexity index is 393. The van der Waals surface area contributed by atoms with Crippen molar-refractivity contribution in [3.8, 4) is 0 Å². The highest BCUT2D eigenvalue weighted by molar-refractivity contribution is 5.35. The van der Waals surface area contributed by atoms with Gasteiger partial charge in [-0.05, 0) is 68.2 Å². The van der Waals surface area contributed by atoms with Crippen LogP contribution in [0.25, 0.3) is 0 Å². The van der Waals surface area contributed by atoms with Crippen molar-refractivity contribution in [1.82, 2.24) is 5.32 Å². The van der Waals surface area contributed by atoms with Gasteiger partial charge in [-0.1, -0.05) is 32.0 Å². The average Bonchev–Trinajstić information content (AvgIpc) is 3.18. The van der Waals surface area contributed by atoms with Crippen molar-refractivity contribution in [2.24, 2.45) is 11.8 Å². The molecule has 0 radical (unpaired) electrons. The topological polar surface area (TPSA) is 12.0 Å². The van der Waals surface area contributed by atoms with E-state index in [1.54, 1.807) is 0 Å². The predicted molar refractivity (Wildman–Crippen MR) is 78.8 cm³/mol. The van der Waals surface area contributed by atoms with Gasteiger partial charge in [-0.2, -0.15) is 0 Å². The molecule has 1 aromatic rings. The predicted octanol–water partition coefficient (Wildman–Crippen LogP) is 4.39. The van der Waals surface area contributed by atoms with Crippen LogP contribution in [-0.4, -0.2) is 6.54 Å². The molecule has 1 aromatic carbocycles. The third kappa shape index (κ3) is 2.95. The van der Waals surface area contributed by atoms with Gasteiger partial charge in [-0.3, -0.25) is 0 Å². The molecule has 1 saturated carbocycles. The van der Waals surface area contributed by atoms with Crippen molar-refractivity contribution in [3.05, 3.63) is 34.9 Å². The number of hydrogen-bond acceptors (Lipinski definition) is 1. The Balaban J connectivity index is 2.23. The molecule has 1 aliphatic rings. The fraction of sp³-hybridized carbons (Fsp3) is 0.647. The lowest BCUT2D eigenvalue weighted by Crippen LogP contribution is -2.29. The lowest BCUT2D eigenvalue weighted by atomic mass is 9.87. The second kappa shape index (κ2) is 5.88. The van der Waals surface area contributed by atoms with E-state index in [1.807, 2.05) is 0 Å². The number of hydrogen-bond donors (Lipinski definition) is 1. The molecule has 2 atom stereocenters. The molecule has 0 spiro atoms. The molecule has 1 aliphatic carbocycles. The molecule has 0 bridgehead atoms. The maximum atomic E-state index is 3.77. The Labute approximate surface area is 112 Å². The van der Waals surface area contributed by atoms with Crippen molar-refractivity contribution in [2.75, 3.05) is 6.54 Å². The summed E-state index contributed by atoms with van der Waals surface area (Å²) in [4.78, 5) is 0. The monoisotopic (exact) mass is 245 g/mol. The van der Waals surface area contributed by atoms with Crippen LogP contribution in [0.2, 0.25) is 0 Å². The second-order valence-corrected chi connectivity index (χ2v) is 5.92. The van der Waals surface area contributed by atoms with E-state index in [2.05, 4.69) is 51.2 Å². The minimum absolute atomic E-state index is 0.539. The summed E-state index contributed by atoms with van der Waals surface area (Å²) >= 11 is 0. The van der Waals surface area contributed by atoms with E-state index < -0.39 is 0 Å². The van der Waals surface area contributed by atoms with E-state index in [9.17, 15) is 0 Å². The van der Waals surface area contributed by atoms with Gasteiger partial charge in [0.2, 0.25) is 0 Å². The first-order chi connectivity index (χ1) is 8.65. The third-order valence-electron chi connectivity index (χ3n) is 4.49. The smallest absolute Gasteiger partial charge is 0.0351 e.